The lowest BCUT2D eigenvalue weighted by atomic mass is 10.2. The molecule has 7 nitrogen and oxygen atoms in total. The minimum atomic E-state index is -3.56. The Bertz CT molecular complexity index is 972. The number of sulfonamides is 1. The Balaban J connectivity index is 1.87. The molecular formula is C16H15N3O4S. The van der Waals surface area contributed by atoms with Crippen molar-refractivity contribution in [1.82, 2.24) is 9.97 Å². The maximum Gasteiger partial charge on any atom is 0.230 e. The minimum absolute atomic E-state index is 0.219. The summed E-state index contributed by atoms with van der Waals surface area (Å²) in [6.45, 7) is 0. The third-order valence-electron chi connectivity index (χ3n) is 3.31. The molecule has 2 aromatic carbocycles. The molecule has 1 aromatic heterocycles. The summed E-state index contributed by atoms with van der Waals surface area (Å²) in [7, 11) is -1.97. The lowest BCUT2D eigenvalue weighted by Crippen LogP contribution is -2.14. The highest BCUT2D eigenvalue weighted by Gasteiger charge is 2.09. The Morgan fingerprint density at radius 1 is 1.04 bits per heavy atom. The van der Waals surface area contributed by atoms with Gasteiger partial charge in [0.1, 0.15) is 17.8 Å². The van der Waals surface area contributed by atoms with E-state index in [1.54, 1.807) is 43.5 Å². The number of methoxy groups -OCH3 is 1. The molecule has 124 valence electrons. The molecule has 24 heavy (non-hydrogen) atoms. The molecule has 3 aromatic rings. The maximum absolute atomic E-state index is 11.1. The van der Waals surface area contributed by atoms with Gasteiger partial charge in [-0.2, -0.15) is 0 Å². The van der Waals surface area contributed by atoms with Crippen LogP contribution in [0.25, 0.3) is 10.9 Å². The summed E-state index contributed by atoms with van der Waals surface area (Å²) in [6.07, 6.45) is 1.41. The summed E-state index contributed by atoms with van der Waals surface area (Å²) in [6, 6.07) is 12.0. The smallest absolute Gasteiger partial charge is 0.230 e. The van der Waals surface area contributed by atoms with Gasteiger partial charge in [-0.1, -0.05) is 12.1 Å². The van der Waals surface area contributed by atoms with Crippen LogP contribution in [0.5, 0.6) is 17.4 Å². The fourth-order valence-corrected chi connectivity index (χ4v) is 2.88. The molecule has 0 bridgehead atoms. The summed E-state index contributed by atoms with van der Waals surface area (Å²) in [5, 5.41) is 5.77. The molecule has 0 fully saturated rings. The van der Waals surface area contributed by atoms with Gasteiger partial charge in [0.15, 0.2) is 0 Å². The number of nitrogens with two attached hydrogens (primary N) is 1. The van der Waals surface area contributed by atoms with Gasteiger partial charge < -0.3 is 9.47 Å². The summed E-state index contributed by atoms with van der Waals surface area (Å²) in [5.74, 6) is 1.41. The Kier molecular flexibility index (Phi) is 4.32. The maximum atomic E-state index is 11.1. The highest BCUT2D eigenvalue weighted by Crippen LogP contribution is 2.29. The minimum Gasteiger partial charge on any atom is -0.497 e. The molecular weight excluding hydrogens is 330 g/mol. The number of nitrogens with zero attached hydrogens (tertiary/aromatic N) is 2. The van der Waals surface area contributed by atoms with Gasteiger partial charge in [-0.3, -0.25) is 0 Å². The van der Waals surface area contributed by atoms with Gasteiger partial charge in [0.05, 0.1) is 23.8 Å². The molecule has 0 saturated heterocycles. The van der Waals surface area contributed by atoms with Gasteiger partial charge in [-0.15, -0.1) is 0 Å². The van der Waals surface area contributed by atoms with Gasteiger partial charge in [0, 0.05) is 6.07 Å². The Hall–Kier alpha value is -2.71. The zero-order valence-corrected chi connectivity index (χ0v) is 13.7. The SMILES string of the molecule is COc1ccc2c(Oc3ccc(CS(N)(=O)=O)cc3)ncnc2c1. The highest BCUT2D eigenvalue weighted by atomic mass is 32.2. The van der Waals surface area contributed by atoms with Crippen LogP contribution in [0.2, 0.25) is 0 Å². The van der Waals surface area contributed by atoms with Crippen molar-refractivity contribution in [2.24, 2.45) is 5.14 Å². The number of rotatable bonds is 5. The van der Waals surface area contributed by atoms with Gasteiger partial charge in [0.25, 0.3) is 0 Å². The summed E-state index contributed by atoms with van der Waals surface area (Å²) >= 11 is 0. The average molecular weight is 345 g/mol. The first-order valence-corrected chi connectivity index (χ1v) is 8.72. The number of hydrogen-bond donors (Lipinski definition) is 1. The molecule has 0 atom stereocenters. The Morgan fingerprint density at radius 2 is 1.75 bits per heavy atom. The highest BCUT2D eigenvalue weighted by molar-refractivity contribution is 7.88. The van der Waals surface area contributed by atoms with E-state index in [9.17, 15) is 8.42 Å². The zero-order valence-electron chi connectivity index (χ0n) is 12.8. The third-order valence-corrected chi connectivity index (χ3v) is 4.05. The van der Waals surface area contributed by atoms with Crippen molar-refractivity contribution < 1.29 is 17.9 Å². The number of hydrogen-bond acceptors (Lipinski definition) is 6. The predicted octanol–water partition coefficient (Wildman–Crippen LogP) is 2.22. The lowest BCUT2D eigenvalue weighted by molar-refractivity contribution is 0.415. The fourth-order valence-electron chi connectivity index (χ4n) is 2.22. The van der Waals surface area contributed by atoms with Crippen LogP contribution in [-0.4, -0.2) is 25.5 Å². The van der Waals surface area contributed by atoms with Crippen molar-refractivity contribution in [3.63, 3.8) is 0 Å². The first-order chi connectivity index (χ1) is 11.4. The van der Waals surface area contributed by atoms with Crippen LogP contribution in [0, 0.1) is 0 Å². The van der Waals surface area contributed by atoms with Crippen molar-refractivity contribution in [3.05, 3.63) is 54.4 Å². The largest absolute Gasteiger partial charge is 0.497 e. The normalized spacial score (nSPS) is 11.4. The van der Waals surface area contributed by atoms with E-state index in [2.05, 4.69) is 9.97 Å². The number of aromatic nitrogens is 2. The number of fused-ring (bicyclic) bond motifs is 1. The molecule has 1 heterocycles. The molecule has 0 aliphatic rings. The van der Waals surface area contributed by atoms with E-state index in [-0.39, 0.29) is 5.75 Å². The van der Waals surface area contributed by atoms with Crippen molar-refractivity contribution in [3.8, 4) is 17.4 Å². The van der Waals surface area contributed by atoms with Gasteiger partial charge in [-0.25, -0.2) is 23.5 Å². The van der Waals surface area contributed by atoms with Crippen molar-refractivity contribution in [2.75, 3.05) is 7.11 Å². The third kappa shape index (κ3) is 3.79. The van der Waals surface area contributed by atoms with E-state index in [0.717, 1.165) is 5.39 Å². The molecule has 0 aliphatic heterocycles. The van der Waals surface area contributed by atoms with Gasteiger partial charge >= 0.3 is 0 Å². The molecule has 0 aliphatic carbocycles. The standard InChI is InChI=1S/C16H15N3O4S/c1-22-13-6-7-14-15(8-13)18-10-19-16(14)23-12-4-2-11(3-5-12)9-24(17,20)21/h2-8,10H,9H2,1H3,(H2,17,20,21). The average Bonchev–Trinajstić information content (AvgIpc) is 2.55. The van der Waals surface area contributed by atoms with Crippen LogP contribution in [0.4, 0.5) is 0 Å². The van der Waals surface area contributed by atoms with E-state index < -0.39 is 10.0 Å². The summed E-state index contributed by atoms with van der Waals surface area (Å²) in [4.78, 5) is 8.34. The Morgan fingerprint density at radius 3 is 2.42 bits per heavy atom. The monoisotopic (exact) mass is 345 g/mol. The molecule has 0 saturated carbocycles. The zero-order chi connectivity index (χ0) is 17.2. The number of ether oxygens (including phenoxy) is 2. The molecule has 3 rings (SSSR count). The molecule has 8 heteroatoms. The van der Waals surface area contributed by atoms with Crippen molar-refractivity contribution >= 4 is 20.9 Å². The molecule has 0 spiro atoms. The van der Waals surface area contributed by atoms with E-state index in [1.807, 2.05) is 6.07 Å². The van der Waals surface area contributed by atoms with Gasteiger partial charge in [0.2, 0.25) is 15.9 Å². The molecule has 0 amide bonds. The van der Waals surface area contributed by atoms with Crippen LogP contribution < -0.4 is 14.6 Å². The van der Waals surface area contributed by atoms with E-state index in [1.165, 1.54) is 6.33 Å². The van der Waals surface area contributed by atoms with Crippen LogP contribution in [0.3, 0.4) is 0 Å². The molecule has 0 unspecified atom stereocenters. The van der Waals surface area contributed by atoms with E-state index in [0.29, 0.717) is 28.5 Å². The lowest BCUT2D eigenvalue weighted by Gasteiger charge is -2.09. The predicted molar refractivity (Wildman–Crippen MR) is 89.4 cm³/mol. The summed E-state index contributed by atoms with van der Waals surface area (Å²) < 4.78 is 33.1. The topological polar surface area (TPSA) is 104 Å². The van der Waals surface area contributed by atoms with Crippen molar-refractivity contribution in [2.45, 2.75) is 5.75 Å². The number of primary sulfonamides is 1. The fraction of sp³-hybridized carbons (Fsp3) is 0.125. The second-order valence-electron chi connectivity index (χ2n) is 5.12. The molecule has 0 radical (unpaired) electrons. The van der Waals surface area contributed by atoms with Crippen molar-refractivity contribution in [1.29, 1.82) is 0 Å². The first-order valence-electron chi connectivity index (χ1n) is 7.00. The molecule has 2 N–H and O–H groups in total. The van der Waals surface area contributed by atoms with Gasteiger partial charge in [-0.05, 0) is 29.8 Å². The number of benzene rings is 2. The van der Waals surface area contributed by atoms with Crippen LogP contribution in [0.15, 0.2) is 48.8 Å². The van der Waals surface area contributed by atoms with E-state index in [4.69, 9.17) is 14.6 Å². The van der Waals surface area contributed by atoms with Crippen LogP contribution in [0.1, 0.15) is 5.56 Å². The first kappa shape index (κ1) is 16.2. The second kappa shape index (κ2) is 6.42. The Labute approximate surface area is 139 Å². The van der Waals surface area contributed by atoms with Crippen LogP contribution in [-0.2, 0) is 15.8 Å². The summed E-state index contributed by atoms with van der Waals surface area (Å²) in [5.41, 5.74) is 1.28. The quantitative estimate of drug-likeness (QED) is 0.760. The second-order valence-corrected chi connectivity index (χ2v) is 6.73. The van der Waals surface area contributed by atoms with E-state index >= 15 is 0 Å². The van der Waals surface area contributed by atoms with Crippen LogP contribution >= 0.6 is 0 Å².